The topological polar surface area (TPSA) is 222 Å². The predicted molar refractivity (Wildman–Crippen MR) is 196 cm³/mol. The fourth-order valence-electron chi connectivity index (χ4n) is 5.41. The fraction of sp³-hybridized carbons (Fsp3) is 0.297. The molecule has 0 saturated heterocycles. The van der Waals surface area contributed by atoms with E-state index in [9.17, 15) is 33.9 Å². The van der Waals surface area contributed by atoms with Gasteiger partial charge in [-0.1, -0.05) is 78.9 Å². The van der Waals surface area contributed by atoms with Crippen LogP contribution in [0.15, 0.2) is 91.1 Å². The number of ether oxygens (including phenoxy) is 1. The number of aromatic nitrogens is 1. The third-order valence-electron chi connectivity index (χ3n) is 8.12. The van der Waals surface area contributed by atoms with Crippen LogP contribution in [0.1, 0.15) is 29.5 Å². The summed E-state index contributed by atoms with van der Waals surface area (Å²) >= 11 is 1.40. The second kappa shape index (κ2) is 19.5. The maximum atomic E-state index is 13.9. The van der Waals surface area contributed by atoms with Gasteiger partial charge in [0.2, 0.25) is 23.6 Å². The first-order chi connectivity index (χ1) is 25.0. The normalized spacial score (nSPS) is 13.2. The molecule has 0 fully saturated rings. The second-order valence-corrected chi connectivity index (χ2v) is 13.0. The van der Waals surface area contributed by atoms with Crippen LogP contribution in [0, 0.1) is 0 Å². The Morgan fingerprint density at radius 1 is 0.731 bits per heavy atom. The first-order valence-corrected chi connectivity index (χ1v) is 17.9. The van der Waals surface area contributed by atoms with Crippen LogP contribution in [0.25, 0.3) is 10.9 Å². The van der Waals surface area contributed by atoms with E-state index in [1.807, 2.05) is 30.3 Å². The third-order valence-corrected chi connectivity index (χ3v) is 8.76. The van der Waals surface area contributed by atoms with Gasteiger partial charge >= 0.3 is 12.1 Å². The van der Waals surface area contributed by atoms with Gasteiger partial charge in [-0.05, 0) is 41.2 Å². The minimum absolute atomic E-state index is 0.0348. The van der Waals surface area contributed by atoms with Crippen molar-refractivity contribution in [3.05, 3.63) is 108 Å². The number of hydrogen-bond donors (Lipinski definition) is 7. The molecule has 1 heterocycles. The van der Waals surface area contributed by atoms with Crippen LogP contribution in [-0.2, 0) is 48.2 Å². The minimum atomic E-state index is -1.61. The Balaban J connectivity index is 1.51. The van der Waals surface area contributed by atoms with Crippen molar-refractivity contribution in [1.82, 2.24) is 26.3 Å². The number of amides is 5. The molecule has 5 amide bonds. The van der Waals surface area contributed by atoms with Crippen LogP contribution in [0.5, 0.6) is 0 Å². The molecule has 4 rings (SSSR count). The second-order valence-electron chi connectivity index (χ2n) is 12.0. The van der Waals surface area contributed by atoms with Crippen LogP contribution < -0.4 is 27.0 Å². The summed E-state index contributed by atoms with van der Waals surface area (Å²) < 4.78 is 5.38. The molecule has 0 aliphatic heterocycles. The summed E-state index contributed by atoms with van der Waals surface area (Å²) in [4.78, 5) is 80.9. The smallest absolute Gasteiger partial charge is 0.408 e. The van der Waals surface area contributed by atoms with E-state index in [0.29, 0.717) is 11.3 Å². The van der Waals surface area contributed by atoms with Gasteiger partial charge in [-0.2, -0.15) is 11.8 Å². The highest BCUT2D eigenvalue weighted by Crippen LogP contribution is 2.19. The average Bonchev–Trinajstić information content (AvgIpc) is 3.54. The van der Waals surface area contributed by atoms with Gasteiger partial charge in [0.25, 0.3) is 0 Å². The molecule has 0 radical (unpaired) electrons. The van der Waals surface area contributed by atoms with Crippen LogP contribution in [-0.4, -0.2) is 82.0 Å². The molecule has 0 spiro atoms. The SMILES string of the molecule is CSCC[C@H](NC(=O)[C@H](Cc1c[nH]c2ccccc12)NC(=O)OCc1ccccc1)C(=O)N[C@H](CC(=O)O)C(=O)N[C@H](Cc1ccccc1)C(N)=O. The number of rotatable bonds is 19. The van der Waals surface area contributed by atoms with Crippen molar-refractivity contribution < 1.29 is 38.6 Å². The lowest BCUT2D eigenvalue weighted by Crippen LogP contribution is -2.59. The molecule has 0 unspecified atom stereocenters. The van der Waals surface area contributed by atoms with E-state index in [-0.39, 0.29) is 25.9 Å². The van der Waals surface area contributed by atoms with E-state index in [4.69, 9.17) is 10.5 Å². The monoisotopic (exact) mass is 730 g/mol. The lowest BCUT2D eigenvalue weighted by molar-refractivity contribution is -0.141. The highest BCUT2D eigenvalue weighted by Gasteiger charge is 2.32. The van der Waals surface area contributed by atoms with Gasteiger partial charge in [0.1, 0.15) is 30.8 Å². The molecule has 0 aliphatic carbocycles. The van der Waals surface area contributed by atoms with Crippen LogP contribution in [0.3, 0.4) is 0 Å². The number of hydrogen-bond acceptors (Lipinski definition) is 8. The number of fused-ring (bicyclic) bond motifs is 1. The maximum Gasteiger partial charge on any atom is 0.408 e. The lowest BCUT2D eigenvalue weighted by Gasteiger charge is -2.25. The number of benzene rings is 3. The molecule has 8 N–H and O–H groups in total. The Hall–Kier alpha value is -5.83. The molecule has 3 aromatic carbocycles. The third kappa shape index (κ3) is 11.9. The number of nitrogens with two attached hydrogens (primary N) is 1. The Morgan fingerprint density at radius 3 is 1.96 bits per heavy atom. The van der Waals surface area contributed by atoms with E-state index in [1.54, 1.807) is 67.0 Å². The predicted octanol–water partition coefficient (Wildman–Crippen LogP) is 2.42. The van der Waals surface area contributed by atoms with Crippen molar-refractivity contribution in [1.29, 1.82) is 0 Å². The first kappa shape index (κ1) is 39.0. The summed E-state index contributed by atoms with van der Waals surface area (Å²) in [6.45, 7) is -0.0398. The molecule has 0 saturated carbocycles. The van der Waals surface area contributed by atoms with E-state index in [0.717, 1.165) is 22.0 Å². The number of aromatic amines is 1. The Morgan fingerprint density at radius 2 is 1.31 bits per heavy atom. The van der Waals surface area contributed by atoms with Gasteiger partial charge in [-0.15, -0.1) is 0 Å². The Labute approximate surface area is 304 Å². The number of carbonyl (C=O) groups excluding carboxylic acids is 5. The van der Waals surface area contributed by atoms with Crippen molar-refractivity contribution in [2.24, 2.45) is 5.73 Å². The van der Waals surface area contributed by atoms with Crippen molar-refractivity contribution in [2.75, 3.05) is 12.0 Å². The number of alkyl carbamates (subject to hydrolysis) is 1. The number of primary amides is 1. The van der Waals surface area contributed by atoms with Gasteiger partial charge in [0.15, 0.2) is 0 Å². The largest absolute Gasteiger partial charge is 0.481 e. The standard InChI is InChI=1S/C37H42N6O8S/c1-52-17-16-28(34(47)42-31(20-32(44)45)36(49)41-29(33(38)46)18-23-10-4-2-5-11-23)40-35(48)30(19-25-21-39-27-15-9-8-14-26(25)27)43-37(50)51-22-24-12-6-3-7-13-24/h2-15,21,28-31,39H,16-20,22H2,1H3,(H2,38,46)(H,40,48)(H,41,49)(H,42,47)(H,43,50)(H,44,45)/t28-,29+,30-,31+/m0/s1. The average molecular weight is 731 g/mol. The number of carboxylic acid groups (broad SMARTS) is 1. The molecule has 0 aliphatic rings. The summed E-state index contributed by atoms with van der Waals surface area (Å²) in [6.07, 6.45) is 2.05. The summed E-state index contributed by atoms with van der Waals surface area (Å²) in [5.74, 6) is -4.31. The highest BCUT2D eigenvalue weighted by atomic mass is 32.2. The fourth-order valence-corrected chi connectivity index (χ4v) is 5.89. The van der Waals surface area contributed by atoms with Crippen LogP contribution in [0.4, 0.5) is 4.79 Å². The summed E-state index contributed by atoms with van der Waals surface area (Å²) in [5.41, 5.74) is 8.53. The molecule has 1 aromatic heterocycles. The summed E-state index contributed by atoms with van der Waals surface area (Å²) in [6, 6.07) is 20.0. The van der Waals surface area contributed by atoms with Gasteiger partial charge in [0, 0.05) is 29.9 Å². The molecular formula is C37H42N6O8S. The van der Waals surface area contributed by atoms with Crippen LogP contribution >= 0.6 is 11.8 Å². The van der Waals surface area contributed by atoms with Crippen molar-refractivity contribution in [3.8, 4) is 0 Å². The molecule has 14 nitrogen and oxygen atoms in total. The number of H-pyrrole nitrogens is 1. The Bertz CT molecular complexity index is 1840. The van der Waals surface area contributed by atoms with Crippen LogP contribution in [0.2, 0.25) is 0 Å². The van der Waals surface area contributed by atoms with E-state index in [1.165, 1.54) is 11.8 Å². The van der Waals surface area contributed by atoms with Crippen molar-refractivity contribution in [3.63, 3.8) is 0 Å². The Kier molecular flexibility index (Phi) is 14.6. The number of nitrogens with one attached hydrogen (secondary N) is 5. The molecule has 52 heavy (non-hydrogen) atoms. The summed E-state index contributed by atoms with van der Waals surface area (Å²) in [7, 11) is 0. The molecule has 274 valence electrons. The molecule has 4 atom stereocenters. The number of para-hydroxylation sites is 1. The first-order valence-electron chi connectivity index (χ1n) is 16.5. The number of carboxylic acids is 1. The molecular weight excluding hydrogens is 689 g/mol. The van der Waals surface area contributed by atoms with E-state index < -0.39 is 66.3 Å². The van der Waals surface area contributed by atoms with Gasteiger partial charge < -0.3 is 41.8 Å². The maximum absolute atomic E-state index is 13.9. The highest BCUT2D eigenvalue weighted by molar-refractivity contribution is 7.98. The summed E-state index contributed by atoms with van der Waals surface area (Å²) in [5, 5.41) is 20.6. The van der Waals surface area contributed by atoms with Crippen molar-refractivity contribution >= 4 is 58.4 Å². The zero-order chi connectivity index (χ0) is 37.5. The number of thioether (sulfide) groups is 1. The zero-order valence-corrected chi connectivity index (χ0v) is 29.3. The van der Waals surface area contributed by atoms with Gasteiger partial charge in [-0.3, -0.25) is 24.0 Å². The van der Waals surface area contributed by atoms with E-state index in [2.05, 4.69) is 26.3 Å². The van der Waals surface area contributed by atoms with Crippen molar-refractivity contribution in [2.45, 2.75) is 56.5 Å². The molecule has 15 heteroatoms. The van der Waals surface area contributed by atoms with E-state index >= 15 is 0 Å². The molecule has 0 bridgehead atoms. The quantitative estimate of drug-likeness (QED) is 0.0752. The number of carbonyl (C=O) groups is 6. The minimum Gasteiger partial charge on any atom is -0.481 e. The van der Waals surface area contributed by atoms with Gasteiger partial charge in [0.05, 0.1) is 6.42 Å². The van der Waals surface area contributed by atoms with Gasteiger partial charge in [-0.25, -0.2) is 4.79 Å². The number of aliphatic carboxylic acids is 1. The molecule has 4 aromatic rings. The zero-order valence-electron chi connectivity index (χ0n) is 28.5. The lowest BCUT2D eigenvalue weighted by atomic mass is 10.0.